The van der Waals surface area contributed by atoms with Crippen LogP contribution in [0.2, 0.25) is 0 Å². The predicted molar refractivity (Wildman–Crippen MR) is 241 cm³/mol. The summed E-state index contributed by atoms with van der Waals surface area (Å²) in [5, 5.41) is 2.28. The van der Waals surface area contributed by atoms with Crippen LogP contribution in [0.5, 0.6) is 11.5 Å². The van der Waals surface area contributed by atoms with Gasteiger partial charge in [0.25, 0.3) is 0 Å². The molecule has 0 unspecified atom stereocenters. The second-order valence-corrected chi connectivity index (χ2v) is 17.7. The number of nitrogens with zero attached hydrogens (tertiary/aromatic N) is 4. The Labute approximate surface area is 363 Å². The van der Waals surface area contributed by atoms with E-state index < -0.39 is 0 Å². The number of hydrogen-bond donors (Lipinski definition) is 0. The van der Waals surface area contributed by atoms with Crippen molar-refractivity contribution in [3.63, 3.8) is 0 Å². The van der Waals surface area contributed by atoms with E-state index in [4.69, 9.17) is 9.72 Å². The topological polar surface area (TPSA) is 33.5 Å². The average molecular weight is 953 g/mol. The maximum absolute atomic E-state index is 6.92. The van der Waals surface area contributed by atoms with Gasteiger partial charge in [-0.2, -0.15) is 12.1 Å². The SMILES string of the molecule is CC(C)c1ccnc(-n2c3[c-]c(Oc4[c-]c(N5[CH-]N(c6cccc(C(C)(C)C)c6)c6cc(-c7ccccc7)ccc65)ccc4)c(C(C)(C)C)cc3c3ccccc32)c1.[Pt]. The molecular formula is C53H49N4OPt-3. The molecule has 6 heteroatoms. The van der Waals surface area contributed by atoms with Gasteiger partial charge in [0, 0.05) is 61.3 Å². The number of anilines is 4. The van der Waals surface area contributed by atoms with Gasteiger partial charge < -0.3 is 19.1 Å². The van der Waals surface area contributed by atoms with Crippen LogP contribution in [0.4, 0.5) is 22.7 Å². The molecule has 0 saturated carbocycles. The number of aromatic nitrogens is 2. The monoisotopic (exact) mass is 952 g/mol. The average Bonchev–Trinajstić information content (AvgIpc) is 3.76. The number of para-hydroxylation sites is 1. The molecule has 0 N–H and O–H groups in total. The van der Waals surface area contributed by atoms with Crippen LogP contribution in [0.1, 0.15) is 78.0 Å². The van der Waals surface area contributed by atoms with Crippen LogP contribution < -0.4 is 14.5 Å². The van der Waals surface area contributed by atoms with E-state index in [-0.39, 0.29) is 31.9 Å². The van der Waals surface area contributed by atoms with Gasteiger partial charge in [0.2, 0.25) is 0 Å². The maximum atomic E-state index is 6.92. The van der Waals surface area contributed by atoms with Crippen molar-refractivity contribution < 1.29 is 25.8 Å². The molecule has 0 saturated heterocycles. The van der Waals surface area contributed by atoms with E-state index in [0.717, 1.165) is 61.5 Å². The van der Waals surface area contributed by atoms with Gasteiger partial charge in [-0.05, 0) is 81.4 Å². The van der Waals surface area contributed by atoms with Crippen LogP contribution in [-0.2, 0) is 31.9 Å². The van der Waals surface area contributed by atoms with Crippen LogP contribution in [0.25, 0.3) is 38.8 Å². The second kappa shape index (κ2) is 15.5. The maximum Gasteiger partial charge on any atom is 0.135 e. The van der Waals surface area contributed by atoms with Crippen molar-refractivity contribution in [2.75, 3.05) is 9.80 Å². The standard InChI is InChI=1S/C53H49N4O.Pt/c1-35(2)37-26-27-54-51(29-37)57-46-23-13-12-22-43(46)44-32-45(53(6,7)8)50(33-48(44)57)58-42-21-15-20-41(31-42)55-34-56(40-19-14-18-39(30-40)52(3,4)5)49-28-38(24-25-47(49)55)36-16-10-9-11-17-36;/h9-30,32,34-35H,1-8H3;/q-3;. The molecule has 0 atom stereocenters. The predicted octanol–water partition coefficient (Wildman–Crippen LogP) is 14.4. The van der Waals surface area contributed by atoms with Gasteiger partial charge in [-0.1, -0.05) is 133 Å². The Morgan fingerprint density at radius 3 is 2.17 bits per heavy atom. The van der Waals surface area contributed by atoms with E-state index in [0.29, 0.717) is 17.4 Å². The zero-order valence-corrected chi connectivity index (χ0v) is 37.2. The molecule has 0 radical (unpaired) electrons. The minimum Gasteiger partial charge on any atom is -0.509 e. The largest absolute Gasteiger partial charge is 0.509 e. The van der Waals surface area contributed by atoms with Crippen molar-refractivity contribution in [3.05, 3.63) is 175 Å². The van der Waals surface area contributed by atoms with E-state index in [1.54, 1.807) is 0 Å². The summed E-state index contributed by atoms with van der Waals surface area (Å²) >= 11 is 0. The number of benzene rings is 6. The van der Waals surface area contributed by atoms with Gasteiger partial charge in [0.15, 0.2) is 0 Å². The molecule has 5 nitrogen and oxygen atoms in total. The molecule has 2 aromatic heterocycles. The van der Waals surface area contributed by atoms with Crippen LogP contribution in [0.15, 0.2) is 140 Å². The number of hydrogen-bond acceptors (Lipinski definition) is 4. The minimum atomic E-state index is -0.225. The van der Waals surface area contributed by atoms with Gasteiger partial charge in [-0.3, -0.25) is 0 Å². The summed E-state index contributed by atoms with van der Waals surface area (Å²) in [6.07, 6.45) is 1.91. The molecule has 1 aliphatic heterocycles. The summed E-state index contributed by atoms with van der Waals surface area (Å²) in [4.78, 5) is 9.38. The molecule has 0 amide bonds. The van der Waals surface area contributed by atoms with Gasteiger partial charge >= 0.3 is 0 Å². The first-order chi connectivity index (χ1) is 27.8. The molecule has 300 valence electrons. The van der Waals surface area contributed by atoms with Crippen molar-refractivity contribution in [2.45, 2.75) is 72.1 Å². The zero-order valence-electron chi connectivity index (χ0n) is 34.9. The Bertz CT molecular complexity index is 2810. The zero-order chi connectivity index (χ0) is 40.3. The molecule has 0 spiro atoms. The molecule has 0 bridgehead atoms. The van der Waals surface area contributed by atoms with Crippen molar-refractivity contribution in [2.24, 2.45) is 0 Å². The normalized spacial score (nSPS) is 13.0. The van der Waals surface area contributed by atoms with E-state index in [1.807, 2.05) is 18.3 Å². The summed E-state index contributed by atoms with van der Waals surface area (Å²) < 4.78 is 9.15. The Kier molecular flexibility index (Phi) is 10.6. The number of rotatable bonds is 7. The molecule has 0 aliphatic carbocycles. The summed E-state index contributed by atoms with van der Waals surface area (Å²) in [5.41, 5.74) is 11.9. The summed E-state index contributed by atoms with van der Waals surface area (Å²) in [6, 6.07) is 54.8. The summed E-state index contributed by atoms with van der Waals surface area (Å²) in [6.45, 7) is 20.1. The first-order valence-corrected chi connectivity index (χ1v) is 20.2. The van der Waals surface area contributed by atoms with Crippen molar-refractivity contribution in [3.8, 4) is 28.4 Å². The van der Waals surface area contributed by atoms with Gasteiger partial charge in [0.05, 0.1) is 0 Å². The first kappa shape index (κ1) is 40.2. The first-order valence-electron chi connectivity index (χ1n) is 20.2. The van der Waals surface area contributed by atoms with E-state index in [1.165, 1.54) is 16.7 Å². The van der Waals surface area contributed by atoms with E-state index in [9.17, 15) is 0 Å². The quantitative estimate of drug-likeness (QED) is 0.149. The van der Waals surface area contributed by atoms with Crippen LogP contribution in [0, 0.1) is 18.8 Å². The fraction of sp³-hybridized carbons (Fsp3) is 0.208. The molecular weight excluding hydrogens is 904 g/mol. The third-order valence-electron chi connectivity index (χ3n) is 11.2. The Morgan fingerprint density at radius 2 is 1.41 bits per heavy atom. The van der Waals surface area contributed by atoms with E-state index >= 15 is 0 Å². The number of ether oxygens (including phenoxy) is 1. The Balaban J connectivity index is 0.00000484. The second-order valence-electron chi connectivity index (χ2n) is 17.7. The molecule has 6 aromatic carbocycles. The van der Waals surface area contributed by atoms with Crippen LogP contribution in [-0.4, -0.2) is 9.55 Å². The van der Waals surface area contributed by atoms with Crippen LogP contribution in [0.3, 0.4) is 0 Å². The van der Waals surface area contributed by atoms with Gasteiger partial charge in [-0.25, -0.2) is 4.98 Å². The Morgan fingerprint density at radius 1 is 0.644 bits per heavy atom. The third-order valence-corrected chi connectivity index (χ3v) is 11.2. The van der Waals surface area contributed by atoms with Gasteiger partial charge in [0.1, 0.15) is 5.82 Å². The molecule has 3 heterocycles. The fourth-order valence-electron chi connectivity index (χ4n) is 7.95. The summed E-state index contributed by atoms with van der Waals surface area (Å²) in [5.74, 6) is 2.54. The number of pyridine rings is 1. The van der Waals surface area contributed by atoms with Gasteiger partial charge in [-0.15, -0.1) is 47.6 Å². The molecule has 8 aromatic rings. The number of fused-ring (bicyclic) bond motifs is 4. The molecule has 0 fully saturated rings. The van der Waals surface area contributed by atoms with Crippen molar-refractivity contribution in [1.82, 2.24) is 9.55 Å². The van der Waals surface area contributed by atoms with Crippen molar-refractivity contribution >= 4 is 44.6 Å². The Hall–Kier alpha value is -5.64. The molecule has 1 aliphatic rings. The van der Waals surface area contributed by atoms with Crippen LogP contribution >= 0.6 is 0 Å². The van der Waals surface area contributed by atoms with Crippen molar-refractivity contribution in [1.29, 1.82) is 0 Å². The smallest absolute Gasteiger partial charge is 0.135 e. The third kappa shape index (κ3) is 7.58. The summed E-state index contributed by atoms with van der Waals surface area (Å²) in [7, 11) is 0. The molecule has 59 heavy (non-hydrogen) atoms. The molecule has 9 rings (SSSR count). The fourth-order valence-corrected chi connectivity index (χ4v) is 7.95. The minimum absolute atomic E-state index is 0. The van der Waals surface area contributed by atoms with E-state index in [2.05, 4.69) is 210 Å².